The Morgan fingerprint density at radius 3 is 2.60 bits per heavy atom. The van der Waals surface area contributed by atoms with E-state index in [9.17, 15) is 9.59 Å². The summed E-state index contributed by atoms with van der Waals surface area (Å²) in [7, 11) is 1.63. The predicted octanol–water partition coefficient (Wildman–Crippen LogP) is 2.55. The highest BCUT2D eigenvalue weighted by molar-refractivity contribution is 5.91. The molecule has 1 aliphatic heterocycles. The van der Waals surface area contributed by atoms with Crippen molar-refractivity contribution in [1.82, 2.24) is 18.7 Å². The van der Waals surface area contributed by atoms with Crippen LogP contribution >= 0.6 is 0 Å². The van der Waals surface area contributed by atoms with Crippen molar-refractivity contribution >= 4 is 28.9 Å². The highest BCUT2D eigenvalue weighted by Gasteiger charge is 2.30. The molecule has 0 spiro atoms. The van der Waals surface area contributed by atoms with Gasteiger partial charge in [-0.05, 0) is 19.4 Å². The van der Waals surface area contributed by atoms with E-state index < -0.39 is 5.69 Å². The van der Waals surface area contributed by atoms with Gasteiger partial charge < -0.3 is 0 Å². The highest BCUT2D eigenvalue weighted by Crippen LogP contribution is 2.29. The maximum Gasteiger partial charge on any atom is 0.332 e. The summed E-state index contributed by atoms with van der Waals surface area (Å²) in [6.45, 7) is 8.19. The zero-order valence-corrected chi connectivity index (χ0v) is 17.3. The third-order valence-corrected chi connectivity index (χ3v) is 5.36. The van der Waals surface area contributed by atoms with Crippen molar-refractivity contribution in [2.24, 2.45) is 12.1 Å². The molecule has 0 aliphatic carbocycles. The van der Waals surface area contributed by atoms with Gasteiger partial charge in [-0.3, -0.25) is 18.5 Å². The molecule has 0 radical (unpaired) electrons. The van der Waals surface area contributed by atoms with E-state index in [0.29, 0.717) is 23.7 Å². The molecule has 0 unspecified atom stereocenters. The van der Waals surface area contributed by atoms with Crippen LogP contribution in [0.15, 0.2) is 63.8 Å². The van der Waals surface area contributed by atoms with Crippen molar-refractivity contribution < 1.29 is 0 Å². The number of aryl methyl sites for hydroxylation is 1. The Morgan fingerprint density at radius 1 is 1.17 bits per heavy atom. The minimum atomic E-state index is -0.413. The summed E-state index contributed by atoms with van der Waals surface area (Å²) in [6.07, 6.45) is 5.56. The molecule has 8 heteroatoms. The lowest BCUT2D eigenvalue weighted by molar-refractivity contribution is 0.638. The Bertz CT molecular complexity index is 1290. The molecule has 1 atom stereocenters. The van der Waals surface area contributed by atoms with Crippen LogP contribution < -0.4 is 16.3 Å². The molecule has 1 aliphatic rings. The molecule has 4 rings (SSSR count). The molecular weight excluding hydrogens is 380 g/mol. The minimum Gasteiger partial charge on any atom is -0.294 e. The summed E-state index contributed by atoms with van der Waals surface area (Å²) < 4.78 is 4.46. The van der Waals surface area contributed by atoms with Gasteiger partial charge in [0.2, 0.25) is 5.95 Å². The van der Waals surface area contributed by atoms with Gasteiger partial charge in [-0.2, -0.15) is 10.1 Å². The molecule has 8 nitrogen and oxygen atoms in total. The van der Waals surface area contributed by atoms with Gasteiger partial charge in [-0.1, -0.05) is 48.6 Å². The van der Waals surface area contributed by atoms with Crippen molar-refractivity contribution in [2.45, 2.75) is 26.4 Å². The summed E-state index contributed by atoms with van der Waals surface area (Å²) in [5.41, 5.74) is 1.92. The number of aromatic nitrogens is 4. The summed E-state index contributed by atoms with van der Waals surface area (Å²) >= 11 is 0. The number of fused-ring (bicyclic) bond motifs is 3. The van der Waals surface area contributed by atoms with E-state index in [0.717, 1.165) is 11.3 Å². The van der Waals surface area contributed by atoms with E-state index in [2.05, 4.69) is 16.7 Å². The van der Waals surface area contributed by atoms with Gasteiger partial charge in [0.15, 0.2) is 11.2 Å². The normalized spacial score (nSPS) is 16.2. The number of hydrogen-bond donors (Lipinski definition) is 0. The molecule has 0 saturated heterocycles. The van der Waals surface area contributed by atoms with E-state index in [4.69, 9.17) is 0 Å². The van der Waals surface area contributed by atoms with Crippen LogP contribution in [0.2, 0.25) is 0 Å². The first kappa shape index (κ1) is 19.6. The molecule has 0 saturated carbocycles. The maximum atomic E-state index is 13.2. The molecule has 2 aromatic heterocycles. The van der Waals surface area contributed by atoms with Crippen LogP contribution in [0.5, 0.6) is 0 Å². The van der Waals surface area contributed by atoms with Crippen molar-refractivity contribution in [3.05, 3.63) is 75.5 Å². The number of imidazole rings is 1. The molecule has 1 aromatic carbocycles. The second-order valence-electron chi connectivity index (χ2n) is 7.31. The molecule has 3 aromatic rings. The minimum absolute atomic E-state index is 0.146. The molecule has 30 heavy (non-hydrogen) atoms. The third kappa shape index (κ3) is 3.10. The number of hydrogen-bond acceptors (Lipinski definition) is 5. The van der Waals surface area contributed by atoms with Crippen LogP contribution in [0.1, 0.15) is 25.5 Å². The van der Waals surface area contributed by atoms with Crippen LogP contribution in [-0.2, 0) is 13.6 Å². The summed E-state index contributed by atoms with van der Waals surface area (Å²) in [6, 6.07) is 9.84. The largest absolute Gasteiger partial charge is 0.332 e. The Balaban J connectivity index is 1.85. The van der Waals surface area contributed by atoms with E-state index in [1.54, 1.807) is 18.1 Å². The first-order chi connectivity index (χ1) is 14.4. The van der Waals surface area contributed by atoms with Gasteiger partial charge >= 0.3 is 5.69 Å². The number of nitrogens with zero attached hydrogens (tertiary/aromatic N) is 6. The second kappa shape index (κ2) is 7.62. The van der Waals surface area contributed by atoms with Crippen LogP contribution in [-0.4, -0.2) is 30.9 Å². The maximum absolute atomic E-state index is 13.2. The molecule has 0 amide bonds. The van der Waals surface area contributed by atoms with Crippen LogP contribution in [0.3, 0.4) is 0 Å². The van der Waals surface area contributed by atoms with E-state index in [1.807, 2.05) is 60.9 Å². The number of anilines is 1. The molecule has 0 fully saturated rings. The lowest BCUT2D eigenvalue weighted by atomic mass is 10.2. The van der Waals surface area contributed by atoms with Gasteiger partial charge in [-0.15, -0.1) is 6.58 Å². The van der Waals surface area contributed by atoms with Gasteiger partial charge in [0.1, 0.15) is 0 Å². The van der Waals surface area contributed by atoms with Crippen LogP contribution in [0.4, 0.5) is 5.95 Å². The number of hydrazone groups is 1. The summed E-state index contributed by atoms with van der Waals surface area (Å²) in [4.78, 5) is 30.4. The number of rotatable bonds is 5. The van der Waals surface area contributed by atoms with E-state index in [1.165, 1.54) is 9.13 Å². The third-order valence-electron chi connectivity index (χ3n) is 5.36. The summed E-state index contributed by atoms with van der Waals surface area (Å²) in [5.74, 6) is 0.546. The fourth-order valence-electron chi connectivity index (χ4n) is 3.65. The Hall–Kier alpha value is -3.68. The lowest BCUT2D eigenvalue weighted by Gasteiger charge is -2.28. The Labute approximate surface area is 173 Å². The number of benzene rings is 1. The van der Waals surface area contributed by atoms with Crippen molar-refractivity contribution in [3.8, 4) is 0 Å². The van der Waals surface area contributed by atoms with Gasteiger partial charge in [-0.25, -0.2) is 9.80 Å². The standard InChI is InChI=1S/C22H24N6O2/c1-5-13-26-20(29)18-19(25(4)22(26)30)23-21-27(24-15(2)16(3)28(18)21)14-9-12-17-10-7-6-8-11-17/h5-12,16H,1,13-14H2,2-4H3/b12-9+/t16-/m0/s1. The first-order valence-corrected chi connectivity index (χ1v) is 9.81. The smallest absolute Gasteiger partial charge is 0.294 e. The SMILES string of the molecule is C=CCn1c(=O)c2c(nc3n2[C@@H](C)C(C)=NN3C/C=C/c2ccccc2)n(C)c1=O. The van der Waals surface area contributed by atoms with Crippen molar-refractivity contribution in [2.75, 3.05) is 11.6 Å². The molecule has 3 heterocycles. The fourth-order valence-corrected chi connectivity index (χ4v) is 3.65. The van der Waals surface area contributed by atoms with Gasteiger partial charge in [0.05, 0.1) is 18.3 Å². The van der Waals surface area contributed by atoms with E-state index in [-0.39, 0.29) is 18.1 Å². The van der Waals surface area contributed by atoms with Crippen molar-refractivity contribution in [3.63, 3.8) is 0 Å². The Kier molecular flexibility index (Phi) is 4.99. The second-order valence-corrected chi connectivity index (χ2v) is 7.31. The molecular formula is C22H24N6O2. The van der Waals surface area contributed by atoms with Gasteiger partial charge in [0, 0.05) is 13.6 Å². The zero-order chi connectivity index (χ0) is 21.4. The first-order valence-electron chi connectivity index (χ1n) is 9.81. The monoisotopic (exact) mass is 404 g/mol. The fraction of sp³-hybridized carbons (Fsp3) is 0.273. The topological polar surface area (TPSA) is 77.4 Å². The average Bonchev–Trinajstić information content (AvgIpc) is 3.15. The highest BCUT2D eigenvalue weighted by atomic mass is 16.2. The average molecular weight is 404 g/mol. The van der Waals surface area contributed by atoms with Gasteiger partial charge in [0.25, 0.3) is 5.56 Å². The lowest BCUT2D eigenvalue weighted by Crippen LogP contribution is -2.40. The Morgan fingerprint density at radius 2 is 1.90 bits per heavy atom. The van der Waals surface area contributed by atoms with E-state index >= 15 is 0 Å². The molecule has 154 valence electrons. The predicted molar refractivity (Wildman–Crippen MR) is 120 cm³/mol. The molecule has 0 N–H and O–H groups in total. The quantitative estimate of drug-likeness (QED) is 0.613. The number of allylic oxidation sites excluding steroid dienone is 1. The molecule has 0 bridgehead atoms. The van der Waals surface area contributed by atoms with Crippen LogP contribution in [0, 0.1) is 0 Å². The van der Waals surface area contributed by atoms with Crippen LogP contribution in [0.25, 0.3) is 17.2 Å². The van der Waals surface area contributed by atoms with Crippen molar-refractivity contribution in [1.29, 1.82) is 0 Å². The zero-order valence-electron chi connectivity index (χ0n) is 17.3. The summed E-state index contributed by atoms with van der Waals surface area (Å²) in [5, 5.41) is 6.43.